The first-order chi connectivity index (χ1) is 12.0. The molecular formula is C19H23N3O3. The van der Waals surface area contributed by atoms with Crippen molar-refractivity contribution in [3.05, 3.63) is 42.1 Å². The fourth-order valence-corrected chi connectivity index (χ4v) is 3.07. The molecule has 1 aromatic heterocycles. The lowest BCUT2D eigenvalue weighted by molar-refractivity contribution is -0.133. The predicted molar refractivity (Wildman–Crippen MR) is 97.0 cm³/mol. The molecule has 0 radical (unpaired) electrons. The minimum Gasteiger partial charge on any atom is -0.373 e. The highest BCUT2D eigenvalue weighted by molar-refractivity contribution is 5.96. The predicted octanol–water partition coefficient (Wildman–Crippen LogP) is 1.55. The average molecular weight is 341 g/mol. The first kappa shape index (κ1) is 17.2. The van der Waals surface area contributed by atoms with Gasteiger partial charge in [0.25, 0.3) is 0 Å². The van der Waals surface area contributed by atoms with E-state index in [0.717, 1.165) is 16.5 Å². The highest BCUT2D eigenvalue weighted by atomic mass is 16.5. The molecule has 0 aliphatic carbocycles. The van der Waals surface area contributed by atoms with Gasteiger partial charge in [-0.05, 0) is 12.1 Å². The second kappa shape index (κ2) is 7.53. The van der Waals surface area contributed by atoms with Gasteiger partial charge in [0.15, 0.2) is 0 Å². The van der Waals surface area contributed by atoms with Crippen LogP contribution in [0.25, 0.3) is 17.0 Å². The van der Waals surface area contributed by atoms with Crippen molar-refractivity contribution >= 4 is 28.8 Å². The number of aromatic nitrogens is 1. The lowest BCUT2D eigenvalue weighted by Crippen LogP contribution is -2.49. The fourth-order valence-electron chi connectivity index (χ4n) is 3.07. The van der Waals surface area contributed by atoms with Crippen LogP contribution in [0.5, 0.6) is 0 Å². The lowest BCUT2D eigenvalue weighted by Gasteiger charge is -2.32. The minimum atomic E-state index is -0.160. The van der Waals surface area contributed by atoms with Crippen LogP contribution in [-0.4, -0.2) is 53.6 Å². The summed E-state index contributed by atoms with van der Waals surface area (Å²) in [5.41, 5.74) is 2.16. The summed E-state index contributed by atoms with van der Waals surface area (Å²) in [5.74, 6) is -0.132. The van der Waals surface area contributed by atoms with Gasteiger partial charge in [0.05, 0.1) is 12.7 Å². The van der Waals surface area contributed by atoms with Crippen LogP contribution in [0.1, 0.15) is 12.5 Å². The molecule has 2 aromatic rings. The number of hydrogen-bond donors (Lipinski definition) is 1. The Hall–Kier alpha value is -2.60. The summed E-state index contributed by atoms with van der Waals surface area (Å²) in [4.78, 5) is 25.3. The third kappa shape index (κ3) is 4.09. The van der Waals surface area contributed by atoms with Crippen molar-refractivity contribution in [2.75, 3.05) is 26.2 Å². The minimum absolute atomic E-state index is 0.0379. The number of nitrogens with zero attached hydrogens (tertiary/aromatic N) is 2. The van der Waals surface area contributed by atoms with Gasteiger partial charge >= 0.3 is 0 Å². The van der Waals surface area contributed by atoms with E-state index >= 15 is 0 Å². The fraction of sp³-hybridized carbons (Fsp3) is 0.368. The van der Waals surface area contributed by atoms with Gasteiger partial charge in [0.1, 0.15) is 0 Å². The Morgan fingerprint density at radius 1 is 1.36 bits per heavy atom. The molecule has 1 atom stereocenters. The Kier molecular flexibility index (Phi) is 5.19. The van der Waals surface area contributed by atoms with Gasteiger partial charge in [-0.25, -0.2) is 0 Å². The Morgan fingerprint density at radius 2 is 2.16 bits per heavy atom. The maximum Gasteiger partial charge on any atom is 0.246 e. The maximum absolute atomic E-state index is 12.5. The van der Waals surface area contributed by atoms with Crippen molar-refractivity contribution in [3.63, 3.8) is 0 Å². The Morgan fingerprint density at radius 3 is 2.96 bits per heavy atom. The van der Waals surface area contributed by atoms with Gasteiger partial charge in [0.2, 0.25) is 11.8 Å². The van der Waals surface area contributed by atoms with E-state index in [0.29, 0.717) is 26.2 Å². The first-order valence-corrected chi connectivity index (χ1v) is 8.41. The molecule has 3 rings (SSSR count). The summed E-state index contributed by atoms with van der Waals surface area (Å²) < 4.78 is 7.65. The van der Waals surface area contributed by atoms with Crippen LogP contribution in [-0.2, 0) is 21.4 Å². The molecule has 6 nitrogen and oxygen atoms in total. The van der Waals surface area contributed by atoms with E-state index in [4.69, 9.17) is 4.74 Å². The number of carbonyl (C=O) groups excluding carboxylic acids is 2. The number of rotatable bonds is 4. The summed E-state index contributed by atoms with van der Waals surface area (Å²) in [5, 5.41) is 3.86. The van der Waals surface area contributed by atoms with E-state index < -0.39 is 0 Å². The quantitative estimate of drug-likeness (QED) is 0.859. The van der Waals surface area contributed by atoms with E-state index in [1.807, 2.05) is 31.5 Å². The van der Waals surface area contributed by atoms with E-state index in [-0.39, 0.29) is 17.9 Å². The van der Waals surface area contributed by atoms with Crippen LogP contribution in [0, 0.1) is 0 Å². The standard InChI is InChI=1S/C19H23N3O3/c1-14(23)20-11-16-13-22(9-10-25-16)19(24)8-7-15-12-21(2)18-6-4-3-5-17(15)18/h3-8,12,16H,9-11,13H2,1-2H3,(H,20,23)/b8-7+. The van der Waals surface area contributed by atoms with Gasteiger partial charge in [-0.3, -0.25) is 9.59 Å². The number of carbonyl (C=O) groups is 2. The second-order valence-electron chi connectivity index (χ2n) is 6.26. The van der Waals surface area contributed by atoms with Crippen molar-refractivity contribution in [2.45, 2.75) is 13.0 Å². The van der Waals surface area contributed by atoms with Crippen molar-refractivity contribution in [1.29, 1.82) is 0 Å². The number of para-hydroxylation sites is 1. The van der Waals surface area contributed by atoms with E-state index in [2.05, 4.69) is 22.0 Å². The molecule has 2 amide bonds. The van der Waals surface area contributed by atoms with E-state index in [9.17, 15) is 9.59 Å². The van der Waals surface area contributed by atoms with Gasteiger partial charge in [-0.2, -0.15) is 0 Å². The molecule has 1 fully saturated rings. The molecule has 1 aliphatic rings. The summed E-state index contributed by atoms with van der Waals surface area (Å²) >= 11 is 0. The normalized spacial score (nSPS) is 18.0. The van der Waals surface area contributed by atoms with Gasteiger partial charge in [-0.1, -0.05) is 18.2 Å². The summed E-state index contributed by atoms with van der Waals surface area (Å²) in [6.45, 7) is 3.43. The SMILES string of the molecule is CC(=O)NCC1CN(C(=O)/C=C/c2cn(C)c3ccccc23)CCO1. The van der Waals surface area contributed by atoms with Crippen molar-refractivity contribution in [2.24, 2.45) is 7.05 Å². The molecule has 132 valence electrons. The van der Waals surface area contributed by atoms with Gasteiger partial charge in [-0.15, -0.1) is 0 Å². The highest BCUT2D eigenvalue weighted by Gasteiger charge is 2.23. The number of aryl methyl sites for hydroxylation is 1. The molecule has 1 aliphatic heterocycles. The second-order valence-corrected chi connectivity index (χ2v) is 6.26. The molecule has 1 unspecified atom stereocenters. The molecule has 1 saturated heterocycles. The summed E-state index contributed by atoms with van der Waals surface area (Å²) in [7, 11) is 2.00. The molecule has 1 N–H and O–H groups in total. The van der Waals surface area contributed by atoms with Crippen molar-refractivity contribution in [3.8, 4) is 0 Å². The Labute approximate surface area is 147 Å². The zero-order valence-electron chi connectivity index (χ0n) is 14.6. The molecular weight excluding hydrogens is 318 g/mol. The molecule has 0 saturated carbocycles. The third-order valence-corrected chi connectivity index (χ3v) is 4.36. The topological polar surface area (TPSA) is 63.6 Å². The van der Waals surface area contributed by atoms with Gasteiger partial charge < -0.3 is 19.5 Å². The third-order valence-electron chi connectivity index (χ3n) is 4.36. The number of fused-ring (bicyclic) bond motifs is 1. The first-order valence-electron chi connectivity index (χ1n) is 8.41. The van der Waals surface area contributed by atoms with Crippen LogP contribution >= 0.6 is 0 Å². The monoisotopic (exact) mass is 341 g/mol. The number of hydrogen-bond acceptors (Lipinski definition) is 3. The largest absolute Gasteiger partial charge is 0.373 e. The average Bonchev–Trinajstić information content (AvgIpc) is 2.94. The number of nitrogens with one attached hydrogen (secondary N) is 1. The zero-order valence-corrected chi connectivity index (χ0v) is 14.6. The molecule has 0 spiro atoms. The highest BCUT2D eigenvalue weighted by Crippen LogP contribution is 2.21. The van der Waals surface area contributed by atoms with Crippen LogP contribution in [0.15, 0.2) is 36.5 Å². The molecule has 2 heterocycles. The molecule has 1 aromatic carbocycles. The molecule has 25 heavy (non-hydrogen) atoms. The van der Waals surface area contributed by atoms with E-state index in [1.54, 1.807) is 11.0 Å². The zero-order chi connectivity index (χ0) is 17.8. The van der Waals surface area contributed by atoms with E-state index in [1.165, 1.54) is 6.92 Å². The lowest BCUT2D eigenvalue weighted by atomic mass is 10.1. The van der Waals surface area contributed by atoms with Crippen molar-refractivity contribution in [1.82, 2.24) is 14.8 Å². The Balaban J connectivity index is 1.66. The van der Waals surface area contributed by atoms with Crippen LogP contribution in [0.4, 0.5) is 0 Å². The van der Waals surface area contributed by atoms with Crippen LogP contribution < -0.4 is 5.32 Å². The smallest absolute Gasteiger partial charge is 0.246 e. The summed E-state index contributed by atoms with van der Waals surface area (Å²) in [6, 6.07) is 8.11. The van der Waals surface area contributed by atoms with Gasteiger partial charge in [0, 0.05) is 62.3 Å². The number of amides is 2. The molecule has 0 bridgehead atoms. The number of ether oxygens (including phenoxy) is 1. The molecule has 6 heteroatoms. The Bertz CT molecular complexity index is 809. The maximum atomic E-state index is 12.5. The number of morpholine rings is 1. The van der Waals surface area contributed by atoms with Crippen molar-refractivity contribution < 1.29 is 14.3 Å². The van der Waals surface area contributed by atoms with Crippen LogP contribution in [0.2, 0.25) is 0 Å². The number of benzene rings is 1. The van der Waals surface area contributed by atoms with Crippen LogP contribution in [0.3, 0.4) is 0 Å². The summed E-state index contributed by atoms with van der Waals surface area (Å²) in [6.07, 6.45) is 5.34.